The second kappa shape index (κ2) is 4.44. The Balaban J connectivity index is 2.55. The lowest BCUT2D eigenvalue weighted by molar-refractivity contribution is 0.110. The maximum atomic E-state index is 10.5. The van der Waals surface area contributed by atoms with Crippen LogP contribution in [-0.4, -0.2) is 6.29 Å². The fraction of sp³-hybridized carbons (Fsp3) is 0.0833. The quantitative estimate of drug-likeness (QED) is 0.765. The van der Waals surface area contributed by atoms with Gasteiger partial charge in [0.1, 0.15) is 5.76 Å². The van der Waals surface area contributed by atoms with Crippen molar-refractivity contribution < 1.29 is 9.21 Å². The van der Waals surface area contributed by atoms with E-state index < -0.39 is 0 Å². The average Bonchev–Trinajstić information content (AvgIpc) is 2.71. The molecule has 4 heteroatoms. The molecule has 0 saturated heterocycles. The molecule has 0 amide bonds. The second-order valence-electron chi connectivity index (χ2n) is 3.40. The molecule has 2 nitrogen and oxygen atoms in total. The Morgan fingerprint density at radius 1 is 1.38 bits per heavy atom. The van der Waals surface area contributed by atoms with Crippen LogP contribution in [0.5, 0.6) is 0 Å². The molecule has 0 aliphatic heterocycles. The van der Waals surface area contributed by atoms with Crippen molar-refractivity contribution >= 4 is 33.8 Å². The SMILES string of the molecule is Cc1cc(Br)c(-c2ccc(C=O)o2)cc1Cl. The lowest BCUT2D eigenvalue weighted by Crippen LogP contribution is -1.81. The predicted molar refractivity (Wildman–Crippen MR) is 67.0 cm³/mol. The van der Waals surface area contributed by atoms with E-state index in [1.165, 1.54) is 0 Å². The molecule has 0 aliphatic carbocycles. The Kier molecular flexibility index (Phi) is 3.17. The van der Waals surface area contributed by atoms with E-state index in [1.807, 2.05) is 19.1 Å². The Hall–Kier alpha value is -1.06. The minimum atomic E-state index is 0.304. The number of aldehydes is 1. The van der Waals surface area contributed by atoms with Crippen molar-refractivity contribution in [3.05, 3.63) is 45.1 Å². The molecule has 1 aromatic carbocycles. The first-order valence-corrected chi connectivity index (χ1v) is 5.80. The third-order valence-corrected chi connectivity index (χ3v) is 3.32. The number of hydrogen-bond acceptors (Lipinski definition) is 2. The van der Waals surface area contributed by atoms with Crippen LogP contribution in [0.4, 0.5) is 0 Å². The Morgan fingerprint density at radius 3 is 2.75 bits per heavy atom. The van der Waals surface area contributed by atoms with Gasteiger partial charge >= 0.3 is 0 Å². The average molecular weight is 300 g/mol. The molecule has 16 heavy (non-hydrogen) atoms. The van der Waals surface area contributed by atoms with Gasteiger partial charge in [0.25, 0.3) is 0 Å². The van der Waals surface area contributed by atoms with E-state index in [2.05, 4.69) is 15.9 Å². The summed E-state index contributed by atoms with van der Waals surface area (Å²) in [5.41, 5.74) is 1.82. The highest BCUT2D eigenvalue weighted by atomic mass is 79.9. The molecule has 2 aromatic rings. The van der Waals surface area contributed by atoms with Crippen LogP contribution in [0.15, 0.2) is 33.2 Å². The van der Waals surface area contributed by atoms with Crippen LogP contribution in [0.1, 0.15) is 16.1 Å². The second-order valence-corrected chi connectivity index (χ2v) is 4.66. The fourth-order valence-electron chi connectivity index (χ4n) is 1.40. The lowest BCUT2D eigenvalue weighted by Gasteiger charge is -2.04. The van der Waals surface area contributed by atoms with Crippen LogP contribution in [-0.2, 0) is 0 Å². The zero-order valence-electron chi connectivity index (χ0n) is 8.46. The highest BCUT2D eigenvalue weighted by Crippen LogP contribution is 2.33. The molecule has 1 aromatic heterocycles. The summed E-state index contributed by atoms with van der Waals surface area (Å²) in [6, 6.07) is 7.10. The number of rotatable bonds is 2. The third-order valence-electron chi connectivity index (χ3n) is 2.26. The molecule has 0 fully saturated rings. The molecule has 0 N–H and O–H groups in total. The number of halogens is 2. The molecule has 2 rings (SSSR count). The van der Waals surface area contributed by atoms with Crippen molar-refractivity contribution in [2.45, 2.75) is 6.92 Å². The summed E-state index contributed by atoms with van der Waals surface area (Å²) < 4.78 is 6.23. The van der Waals surface area contributed by atoms with Gasteiger partial charge in [0.05, 0.1) is 0 Å². The molecule has 0 aliphatic rings. The van der Waals surface area contributed by atoms with Gasteiger partial charge in [0.2, 0.25) is 0 Å². The first-order valence-electron chi connectivity index (χ1n) is 4.63. The van der Waals surface area contributed by atoms with Crippen molar-refractivity contribution in [3.8, 4) is 11.3 Å². The molecule has 1 heterocycles. The molecule has 0 unspecified atom stereocenters. The van der Waals surface area contributed by atoms with Gasteiger partial charge in [0.15, 0.2) is 12.0 Å². The minimum absolute atomic E-state index is 0.304. The van der Waals surface area contributed by atoms with Gasteiger partial charge in [-0.1, -0.05) is 27.5 Å². The van der Waals surface area contributed by atoms with Gasteiger partial charge < -0.3 is 4.42 Å². The maximum absolute atomic E-state index is 10.5. The van der Waals surface area contributed by atoms with E-state index in [1.54, 1.807) is 12.1 Å². The lowest BCUT2D eigenvalue weighted by atomic mass is 10.1. The van der Waals surface area contributed by atoms with Gasteiger partial charge in [-0.25, -0.2) is 0 Å². The van der Waals surface area contributed by atoms with E-state index in [4.69, 9.17) is 16.0 Å². The number of aryl methyl sites for hydroxylation is 1. The molecular formula is C12H8BrClO2. The summed E-state index contributed by atoms with van der Waals surface area (Å²) >= 11 is 9.49. The van der Waals surface area contributed by atoms with Crippen molar-refractivity contribution in [1.82, 2.24) is 0 Å². The van der Waals surface area contributed by atoms with Crippen molar-refractivity contribution in [3.63, 3.8) is 0 Å². The Labute approximate surface area is 106 Å². The molecule has 82 valence electrons. The summed E-state index contributed by atoms with van der Waals surface area (Å²) in [5, 5.41) is 0.669. The monoisotopic (exact) mass is 298 g/mol. The highest BCUT2D eigenvalue weighted by molar-refractivity contribution is 9.10. The van der Waals surface area contributed by atoms with E-state index >= 15 is 0 Å². The molecule has 0 radical (unpaired) electrons. The zero-order chi connectivity index (χ0) is 11.7. The van der Waals surface area contributed by atoms with Gasteiger partial charge in [-0.05, 0) is 36.8 Å². The largest absolute Gasteiger partial charge is 0.453 e. The summed E-state index contributed by atoms with van der Waals surface area (Å²) in [6.45, 7) is 1.93. The maximum Gasteiger partial charge on any atom is 0.185 e. The van der Waals surface area contributed by atoms with Crippen molar-refractivity contribution in [2.75, 3.05) is 0 Å². The van der Waals surface area contributed by atoms with Crippen LogP contribution < -0.4 is 0 Å². The molecule has 0 bridgehead atoms. The number of carbonyl (C=O) groups excluding carboxylic acids is 1. The van der Waals surface area contributed by atoms with Crippen molar-refractivity contribution in [1.29, 1.82) is 0 Å². The summed E-state index contributed by atoms with van der Waals surface area (Å²) in [4.78, 5) is 10.5. The molecular weight excluding hydrogens is 291 g/mol. The number of hydrogen-bond donors (Lipinski definition) is 0. The molecule has 0 atom stereocenters. The summed E-state index contributed by atoms with van der Waals surface area (Å²) in [5.74, 6) is 0.925. The highest BCUT2D eigenvalue weighted by Gasteiger charge is 2.10. The van der Waals surface area contributed by atoms with Gasteiger partial charge in [0, 0.05) is 15.1 Å². The fourth-order valence-corrected chi connectivity index (χ4v) is 2.21. The molecule has 0 spiro atoms. The predicted octanol–water partition coefficient (Wildman–Crippen LogP) is 4.48. The first-order chi connectivity index (χ1) is 7.61. The Morgan fingerprint density at radius 2 is 2.12 bits per heavy atom. The van der Waals surface area contributed by atoms with Gasteiger partial charge in [-0.2, -0.15) is 0 Å². The van der Waals surface area contributed by atoms with Crippen molar-refractivity contribution in [2.24, 2.45) is 0 Å². The third kappa shape index (κ3) is 2.06. The zero-order valence-corrected chi connectivity index (χ0v) is 10.8. The normalized spacial score (nSPS) is 10.4. The van der Waals surface area contributed by atoms with E-state index in [-0.39, 0.29) is 0 Å². The van der Waals surface area contributed by atoms with E-state index in [0.717, 1.165) is 15.6 Å². The Bertz CT molecular complexity index is 546. The topological polar surface area (TPSA) is 30.2 Å². The van der Waals surface area contributed by atoms with Crippen LogP contribution in [0.3, 0.4) is 0 Å². The van der Waals surface area contributed by atoms with E-state index in [9.17, 15) is 4.79 Å². The van der Waals surface area contributed by atoms with Crippen LogP contribution in [0.25, 0.3) is 11.3 Å². The van der Waals surface area contributed by atoms with Crippen LogP contribution in [0.2, 0.25) is 5.02 Å². The molecule has 0 saturated carbocycles. The number of furan rings is 1. The standard InChI is InChI=1S/C12H8BrClO2/c1-7-4-10(13)9(5-11(7)14)12-3-2-8(6-15)16-12/h2-6H,1H3. The van der Waals surface area contributed by atoms with Crippen LogP contribution in [0, 0.1) is 6.92 Å². The summed E-state index contributed by atoms with van der Waals surface area (Å²) in [7, 11) is 0. The minimum Gasteiger partial charge on any atom is -0.453 e. The number of benzene rings is 1. The smallest absolute Gasteiger partial charge is 0.185 e. The first kappa shape index (κ1) is 11.4. The van der Waals surface area contributed by atoms with Crippen LogP contribution >= 0.6 is 27.5 Å². The van der Waals surface area contributed by atoms with Gasteiger partial charge in [-0.15, -0.1) is 0 Å². The van der Waals surface area contributed by atoms with Gasteiger partial charge in [-0.3, -0.25) is 4.79 Å². The van der Waals surface area contributed by atoms with E-state index in [0.29, 0.717) is 22.8 Å². The summed E-state index contributed by atoms with van der Waals surface area (Å²) in [6.07, 6.45) is 0.674. The number of carbonyl (C=O) groups is 1.